The third-order valence-electron chi connectivity index (χ3n) is 5.54. The Bertz CT molecular complexity index is 1510. The van der Waals surface area contributed by atoms with E-state index in [0.29, 0.717) is 37.1 Å². The maximum atomic E-state index is 13.1. The van der Waals surface area contributed by atoms with Crippen molar-refractivity contribution >= 4 is 56.3 Å². The number of benzene rings is 2. The number of amides is 2. The summed E-state index contributed by atoms with van der Waals surface area (Å²) >= 11 is 7.17. The Kier molecular flexibility index (Phi) is 6.54. The Hall–Kier alpha value is -3.49. The molecule has 4 aromatic rings. The molecule has 0 aliphatic rings. The van der Waals surface area contributed by atoms with Crippen molar-refractivity contribution in [2.75, 3.05) is 10.6 Å². The first-order valence-electron chi connectivity index (χ1n) is 10.6. The SMILES string of the molecule is Cc1ccc(NC(=O)c2sc3ncn(CC(=O)Nc4cc(Cl)ccc4C)c(=O)c3c2C)c(C)c1. The molecule has 0 fully saturated rings. The van der Waals surface area contributed by atoms with E-state index in [1.807, 2.05) is 39.0 Å². The summed E-state index contributed by atoms with van der Waals surface area (Å²) in [6.07, 6.45) is 1.33. The van der Waals surface area contributed by atoms with Crippen LogP contribution in [-0.4, -0.2) is 21.4 Å². The van der Waals surface area contributed by atoms with Crippen LogP contribution in [-0.2, 0) is 11.3 Å². The minimum absolute atomic E-state index is 0.215. The number of fused-ring (bicyclic) bond motifs is 1. The van der Waals surface area contributed by atoms with Gasteiger partial charge in [-0.1, -0.05) is 35.4 Å². The largest absolute Gasteiger partial charge is 0.324 e. The van der Waals surface area contributed by atoms with Gasteiger partial charge in [-0.2, -0.15) is 0 Å². The number of nitrogens with one attached hydrogen (secondary N) is 2. The van der Waals surface area contributed by atoms with E-state index < -0.39 is 0 Å². The molecule has 2 amide bonds. The Morgan fingerprint density at radius 1 is 1.00 bits per heavy atom. The minimum atomic E-state index is -0.380. The Morgan fingerprint density at radius 2 is 1.76 bits per heavy atom. The molecule has 174 valence electrons. The van der Waals surface area contributed by atoms with Gasteiger partial charge in [-0.15, -0.1) is 11.3 Å². The van der Waals surface area contributed by atoms with Crippen molar-refractivity contribution in [1.29, 1.82) is 0 Å². The minimum Gasteiger partial charge on any atom is -0.324 e. The Morgan fingerprint density at radius 3 is 2.50 bits per heavy atom. The predicted octanol–water partition coefficient (Wildman–Crippen LogP) is 5.24. The second-order valence-electron chi connectivity index (χ2n) is 8.19. The van der Waals surface area contributed by atoms with Crippen LogP contribution in [0.25, 0.3) is 10.2 Å². The Labute approximate surface area is 205 Å². The summed E-state index contributed by atoms with van der Waals surface area (Å²) in [5.74, 6) is -0.679. The highest BCUT2D eigenvalue weighted by Crippen LogP contribution is 2.28. The van der Waals surface area contributed by atoms with Crippen LogP contribution in [0.15, 0.2) is 47.5 Å². The zero-order valence-electron chi connectivity index (χ0n) is 19.2. The zero-order valence-corrected chi connectivity index (χ0v) is 20.7. The third-order valence-corrected chi connectivity index (χ3v) is 6.97. The van der Waals surface area contributed by atoms with Gasteiger partial charge in [0, 0.05) is 16.4 Å². The molecule has 2 heterocycles. The summed E-state index contributed by atoms with van der Waals surface area (Å²) in [5.41, 5.74) is 4.37. The number of thiophene rings is 1. The first-order chi connectivity index (χ1) is 16.1. The van der Waals surface area contributed by atoms with Crippen molar-refractivity contribution < 1.29 is 9.59 Å². The van der Waals surface area contributed by atoms with Crippen molar-refractivity contribution in [1.82, 2.24) is 9.55 Å². The highest BCUT2D eigenvalue weighted by molar-refractivity contribution is 7.20. The molecule has 2 aromatic heterocycles. The predicted molar refractivity (Wildman–Crippen MR) is 137 cm³/mol. The quantitative estimate of drug-likeness (QED) is 0.397. The van der Waals surface area contributed by atoms with Crippen molar-refractivity contribution in [2.24, 2.45) is 0 Å². The van der Waals surface area contributed by atoms with Gasteiger partial charge in [-0.25, -0.2) is 4.98 Å². The number of carbonyl (C=O) groups excluding carboxylic acids is 2. The number of rotatable bonds is 5. The number of aromatic nitrogens is 2. The summed E-state index contributed by atoms with van der Waals surface area (Å²) in [6.45, 7) is 7.27. The monoisotopic (exact) mass is 494 g/mol. The van der Waals surface area contributed by atoms with Crippen molar-refractivity contribution in [3.8, 4) is 0 Å². The van der Waals surface area contributed by atoms with E-state index in [1.165, 1.54) is 10.9 Å². The van der Waals surface area contributed by atoms with Crippen LogP contribution in [0.1, 0.15) is 31.9 Å². The van der Waals surface area contributed by atoms with E-state index in [4.69, 9.17) is 11.6 Å². The van der Waals surface area contributed by atoms with E-state index in [-0.39, 0.29) is 23.9 Å². The smallest absolute Gasteiger partial charge is 0.266 e. The van der Waals surface area contributed by atoms with E-state index in [2.05, 4.69) is 15.6 Å². The molecule has 0 saturated heterocycles. The molecular formula is C25H23ClN4O3S. The van der Waals surface area contributed by atoms with Crippen LogP contribution in [0.2, 0.25) is 5.02 Å². The molecule has 34 heavy (non-hydrogen) atoms. The molecule has 0 radical (unpaired) electrons. The maximum Gasteiger partial charge on any atom is 0.266 e. The van der Waals surface area contributed by atoms with Crippen LogP contribution in [0, 0.1) is 27.7 Å². The zero-order chi connectivity index (χ0) is 24.6. The van der Waals surface area contributed by atoms with Gasteiger partial charge in [-0.05, 0) is 62.6 Å². The molecule has 0 bridgehead atoms. The molecule has 0 aliphatic carbocycles. The standard InChI is InChI=1S/C25H23ClN4O3S/c1-13-5-8-18(15(3)9-13)29-23(32)22-16(4)21-24(34-22)27-12-30(25(21)33)11-20(31)28-19-10-17(26)7-6-14(19)2/h5-10,12H,11H2,1-4H3,(H,28,31)(H,29,32). The number of halogens is 1. The van der Waals surface area contributed by atoms with Gasteiger partial charge in [0.05, 0.1) is 16.6 Å². The number of anilines is 2. The first-order valence-corrected chi connectivity index (χ1v) is 11.8. The molecule has 2 aromatic carbocycles. The van der Waals surface area contributed by atoms with Crippen LogP contribution in [0.5, 0.6) is 0 Å². The topological polar surface area (TPSA) is 93.1 Å². The second-order valence-corrected chi connectivity index (χ2v) is 9.63. The summed E-state index contributed by atoms with van der Waals surface area (Å²) in [5, 5.41) is 6.54. The normalized spacial score (nSPS) is 11.0. The molecular weight excluding hydrogens is 472 g/mol. The van der Waals surface area contributed by atoms with Crippen LogP contribution in [0.3, 0.4) is 0 Å². The Balaban J connectivity index is 1.59. The van der Waals surface area contributed by atoms with E-state index in [9.17, 15) is 14.4 Å². The van der Waals surface area contributed by atoms with Gasteiger partial charge >= 0.3 is 0 Å². The highest BCUT2D eigenvalue weighted by Gasteiger charge is 2.21. The molecule has 4 rings (SSSR count). The van der Waals surface area contributed by atoms with E-state index >= 15 is 0 Å². The summed E-state index contributed by atoms with van der Waals surface area (Å²) in [4.78, 5) is 43.9. The lowest BCUT2D eigenvalue weighted by atomic mass is 10.1. The fraction of sp³-hybridized carbons (Fsp3) is 0.200. The lowest BCUT2D eigenvalue weighted by Crippen LogP contribution is -2.28. The van der Waals surface area contributed by atoms with E-state index in [1.54, 1.807) is 25.1 Å². The van der Waals surface area contributed by atoms with Crippen molar-refractivity contribution in [2.45, 2.75) is 34.2 Å². The average molecular weight is 495 g/mol. The molecule has 0 aliphatic heterocycles. The summed E-state index contributed by atoms with van der Waals surface area (Å²) in [7, 11) is 0. The summed E-state index contributed by atoms with van der Waals surface area (Å²) in [6, 6.07) is 11.0. The van der Waals surface area contributed by atoms with Crippen molar-refractivity contribution in [3.05, 3.63) is 85.2 Å². The number of hydrogen-bond acceptors (Lipinski definition) is 5. The van der Waals surface area contributed by atoms with Gasteiger partial charge in [0.1, 0.15) is 11.4 Å². The van der Waals surface area contributed by atoms with Gasteiger partial charge in [-0.3, -0.25) is 19.0 Å². The highest BCUT2D eigenvalue weighted by atomic mass is 35.5. The van der Waals surface area contributed by atoms with E-state index in [0.717, 1.165) is 28.0 Å². The maximum absolute atomic E-state index is 13.1. The lowest BCUT2D eigenvalue weighted by molar-refractivity contribution is -0.116. The number of aryl methyl sites for hydroxylation is 4. The van der Waals surface area contributed by atoms with Gasteiger partial charge < -0.3 is 10.6 Å². The molecule has 0 saturated carbocycles. The number of nitrogens with zero attached hydrogens (tertiary/aromatic N) is 2. The van der Waals surface area contributed by atoms with Crippen LogP contribution < -0.4 is 16.2 Å². The second kappa shape index (κ2) is 9.40. The van der Waals surface area contributed by atoms with Gasteiger partial charge in [0.2, 0.25) is 5.91 Å². The molecule has 0 unspecified atom stereocenters. The fourth-order valence-electron chi connectivity index (χ4n) is 3.69. The number of hydrogen-bond donors (Lipinski definition) is 2. The summed E-state index contributed by atoms with van der Waals surface area (Å²) < 4.78 is 1.24. The third kappa shape index (κ3) is 4.73. The average Bonchev–Trinajstić information content (AvgIpc) is 3.12. The fourth-order valence-corrected chi connectivity index (χ4v) is 4.90. The molecule has 0 spiro atoms. The van der Waals surface area contributed by atoms with Gasteiger partial charge in [0.15, 0.2) is 0 Å². The van der Waals surface area contributed by atoms with Crippen LogP contribution >= 0.6 is 22.9 Å². The van der Waals surface area contributed by atoms with Crippen LogP contribution in [0.4, 0.5) is 11.4 Å². The molecule has 2 N–H and O–H groups in total. The molecule has 0 atom stereocenters. The number of carbonyl (C=O) groups is 2. The van der Waals surface area contributed by atoms with Gasteiger partial charge in [0.25, 0.3) is 11.5 Å². The molecule has 7 nitrogen and oxygen atoms in total. The molecule has 9 heteroatoms. The van der Waals surface area contributed by atoms with Crippen molar-refractivity contribution in [3.63, 3.8) is 0 Å². The first kappa shape index (κ1) is 23.7. The lowest BCUT2D eigenvalue weighted by Gasteiger charge is -2.10.